The zero-order valence-corrected chi connectivity index (χ0v) is 8.89. The fourth-order valence-electron chi connectivity index (χ4n) is 0.951. The van der Waals surface area contributed by atoms with Crippen LogP contribution in [0.2, 0.25) is 0 Å². The second kappa shape index (κ2) is 3.02. The van der Waals surface area contributed by atoms with Gasteiger partial charge in [0.25, 0.3) is 0 Å². The average Bonchev–Trinajstić information content (AvgIpc) is 1.88. The predicted molar refractivity (Wildman–Crippen MR) is 49.5 cm³/mol. The first-order valence-electron chi connectivity index (χ1n) is 3.76. The van der Waals surface area contributed by atoms with Crippen molar-refractivity contribution >= 4 is 10.2 Å². The molecule has 0 saturated carbocycles. The Labute approximate surface area is 65.7 Å². The molecule has 0 radical (unpaired) electrons. The van der Waals surface area contributed by atoms with Crippen molar-refractivity contribution in [3.8, 4) is 0 Å². The first kappa shape index (κ1) is 7.54. The van der Waals surface area contributed by atoms with Crippen LogP contribution in [0.1, 0.15) is 23.6 Å². The molecular weight excluding hydrogens is 136 g/mol. The number of benzene rings is 1. The summed E-state index contributed by atoms with van der Waals surface area (Å²) < 4.78 is 0. The maximum absolute atomic E-state index is 2.27. The second-order valence-electron chi connectivity index (χ2n) is 3.07. The summed E-state index contributed by atoms with van der Waals surface area (Å²) in [5.74, 6) is 0. The summed E-state index contributed by atoms with van der Waals surface area (Å²) in [6.07, 6.45) is 0. The van der Waals surface area contributed by atoms with Crippen molar-refractivity contribution in [1.29, 1.82) is 0 Å². The third-order valence-corrected chi connectivity index (χ3v) is 2.41. The molecule has 0 nitrogen and oxygen atoms in total. The van der Waals surface area contributed by atoms with Crippen LogP contribution in [0, 0.1) is 6.92 Å². The number of hydrogen-bond acceptors (Lipinski definition) is 0. The van der Waals surface area contributed by atoms with E-state index in [1.54, 1.807) is 0 Å². The van der Waals surface area contributed by atoms with Crippen LogP contribution >= 0.6 is 0 Å². The Balaban J connectivity index is 2.89. The highest BCUT2D eigenvalue weighted by Crippen LogP contribution is 2.11. The molecule has 1 aromatic carbocycles. The molecule has 54 valence electrons. The van der Waals surface area contributed by atoms with E-state index < -0.39 is 0 Å². The lowest BCUT2D eigenvalue weighted by Gasteiger charge is -2.03. The highest BCUT2D eigenvalue weighted by molar-refractivity contribution is 6.12. The predicted octanol–water partition coefficient (Wildman–Crippen LogP) is 1.42. The standard InChI is InChI=1S/C9H14Si/c1-7-3-5-9(6-4-7)8(2)10/h3-6,8H,1-2,10H3. The van der Waals surface area contributed by atoms with Gasteiger partial charge >= 0.3 is 0 Å². The molecular formula is C9H14Si. The Morgan fingerprint density at radius 1 is 1.20 bits per heavy atom. The van der Waals surface area contributed by atoms with Crippen LogP contribution in [0.15, 0.2) is 24.3 Å². The van der Waals surface area contributed by atoms with Crippen molar-refractivity contribution in [1.82, 2.24) is 0 Å². The van der Waals surface area contributed by atoms with E-state index in [0.717, 1.165) is 5.54 Å². The van der Waals surface area contributed by atoms with Crippen molar-refractivity contribution in [3.05, 3.63) is 35.4 Å². The van der Waals surface area contributed by atoms with Crippen LogP contribution in [0.3, 0.4) is 0 Å². The van der Waals surface area contributed by atoms with Crippen LogP contribution in [0.4, 0.5) is 0 Å². The van der Waals surface area contributed by atoms with E-state index in [-0.39, 0.29) is 0 Å². The van der Waals surface area contributed by atoms with Crippen LogP contribution in [0.5, 0.6) is 0 Å². The Kier molecular flexibility index (Phi) is 2.28. The molecule has 1 heteroatoms. The molecule has 1 aromatic rings. The summed E-state index contributed by atoms with van der Waals surface area (Å²) in [5, 5.41) is 0. The number of aryl methyl sites for hydroxylation is 1. The molecule has 1 unspecified atom stereocenters. The summed E-state index contributed by atoms with van der Waals surface area (Å²) in [4.78, 5) is 0. The Hall–Kier alpha value is -0.563. The maximum Gasteiger partial charge on any atom is 0.0119 e. The highest BCUT2D eigenvalue weighted by Gasteiger charge is 1.95. The molecule has 10 heavy (non-hydrogen) atoms. The van der Waals surface area contributed by atoms with Gasteiger partial charge in [0, 0.05) is 10.2 Å². The minimum Gasteiger partial charge on any atom is -0.0618 e. The maximum atomic E-state index is 2.27. The molecule has 0 aliphatic carbocycles. The van der Waals surface area contributed by atoms with Crippen LogP contribution in [-0.4, -0.2) is 10.2 Å². The topological polar surface area (TPSA) is 0 Å². The summed E-state index contributed by atoms with van der Waals surface area (Å²) in [5.41, 5.74) is 3.63. The monoisotopic (exact) mass is 150 g/mol. The molecule has 0 bridgehead atoms. The lowest BCUT2D eigenvalue weighted by Crippen LogP contribution is -1.90. The van der Waals surface area contributed by atoms with Gasteiger partial charge in [-0.15, -0.1) is 0 Å². The van der Waals surface area contributed by atoms with Gasteiger partial charge in [-0.3, -0.25) is 0 Å². The summed E-state index contributed by atoms with van der Waals surface area (Å²) in [6.45, 7) is 4.40. The van der Waals surface area contributed by atoms with Crippen LogP contribution in [0.25, 0.3) is 0 Å². The minimum absolute atomic E-state index is 0.792. The van der Waals surface area contributed by atoms with E-state index in [0.29, 0.717) is 0 Å². The second-order valence-corrected chi connectivity index (χ2v) is 4.80. The molecule has 1 atom stereocenters. The van der Waals surface area contributed by atoms with Crippen molar-refractivity contribution < 1.29 is 0 Å². The van der Waals surface area contributed by atoms with E-state index in [1.165, 1.54) is 21.4 Å². The summed E-state index contributed by atoms with van der Waals surface area (Å²) in [7, 11) is 1.25. The lowest BCUT2D eigenvalue weighted by molar-refractivity contribution is 1.08. The normalized spacial score (nSPS) is 13.4. The SMILES string of the molecule is Cc1ccc(C(C)[SiH3])cc1. The largest absolute Gasteiger partial charge is 0.0618 e. The van der Waals surface area contributed by atoms with Gasteiger partial charge in [0.1, 0.15) is 0 Å². The molecule has 0 heterocycles. The quantitative estimate of drug-likeness (QED) is 0.531. The molecule has 0 fully saturated rings. The smallest absolute Gasteiger partial charge is 0.0119 e. The molecule has 0 aliphatic heterocycles. The first-order valence-corrected chi connectivity index (χ1v) is 4.92. The molecule has 0 N–H and O–H groups in total. The zero-order valence-electron chi connectivity index (χ0n) is 6.89. The van der Waals surface area contributed by atoms with Crippen molar-refractivity contribution in [2.45, 2.75) is 19.4 Å². The highest BCUT2D eigenvalue weighted by atomic mass is 28.1. The van der Waals surface area contributed by atoms with E-state index in [9.17, 15) is 0 Å². The third kappa shape index (κ3) is 1.71. The molecule has 0 amide bonds. The van der Waals surface area contributed by atoms with Gasteiger partial charge < -0.3 is 0 Å². The lowest BCUT2D eigenvalue weighted by atomic mass is 10.1. The van der Waals surface area contributed by atoms with Crippen LogP contribution < -0.4 is 0 Å². The van der Waals surface area contributed by atoms with Crippen LogP contribution in [-0.2, 0) is 0 Å². The third-order valence-electron chi connectivity index (χ3n) is 1.74. The zero-order chi connectivity index (χ0) is 7.56. The van der Waals surface area contributed by atoms with E-state index in [4.69, 9.17) is 0 Å². The Bertz CT molecular complexity index is 198. The molecule has 0 spiro atoms. The first-order chi connectivity index (χ1) is 4.70. The fourth-order valence-corrected chi connectivity index (χ4v) is 1.34. The molecule has 0 saturated heterocycles. The summed E-state index contributed by atoms with van der Waals surface area (Å²) >= 11 is 0. The van der Waals surface area contributed by atoms with Crippen molar-refractivity contribution in [2.24, 2.45) is 0 Å². The van der Waals surface area contributed by atoms with Gasteiger partial charge in [0.05, 0.1) is 0 Å². The van der Waals surface area contributed by atoms with Gasteiger partial charge in [-0.25, -0.2) is 0 Å². The van der Waals surface area contributed by atoms with Gasteiger partial charge in [-0.1, -0.05) is 36.8 Å². The Morgan fingerprint density at radius 3 is 2.10 bits per heavy atom. The van der Waals surface area contributed by atoms with Crippen molar-refractivity contribution in [3.63, 3.8) is 0 Å². The Morgan fingerprint density at radius 2 is 1.70 bits per heavy atom. The average molecular weight is 150 g/mol. The minimum atomic E-state index is 0.792. The molecule has 1 rings (SSSR count). The van der Waals surface area contributed by atoms with E-state index >= 15 is 0 Å². The number of hydrogen-bond donors (Lipinski definition) is 0. The van der Waals surface area contributed by atoms with Gasteiger partial charge in [0.2, 0.25) is 0 Å². The molecule has 0 aromatic heterocycles. The van der Waals surface area contributed by atoms with Gasteiger partial charge in [-0.05, 0) is 18.0 Å². The molecule has 0 aliphatic rings. The fraction of sp³-hybridized carbons (Fsp3) is 0.333. The summed E-state index contributed by atoms with van der Waals surface area (Å²) in [6, 6.07) is 8.83. The van der Waals surface area contributed by atoms with Gasteiger partial charge in [-0.2, -0.15) is 0 Å². The van der Waals surface area contributed by atoms with Gasteiger partial charge in [0.15, 0.2) is 0 Å². The number of rotatable bonds is 1. The van der Waals surface area contributed by atoms with Crippen molar-refractivity contribution in [2.75, 3.05) is 0 Å². The van der Waals surface area contributed by atoms with E-state index in [1.807, 2.05) is 0 Å². The van der Waals surface area contributed by atoms with E-state index in [2.05, 4.69) is 38.1 Å².